The Balaban J connectivity index is 2.25. The summed E-state index contributed by atoms with van der Waals surface area (Å²) in [6.45, 7) is 1.18. The maximum atomic E-state index is 12.2. The quantitative estimate of drug-likeness (QED) is 0.609. The van der Waals surface area contributed by atoms with E-state index in [4.69, 9.17) is 0 Å². The molecule has 0 fully saturated rings. The molecule has 0 spiro atoms. The topological polar surface area (TPSA) is 66.7 Å². The van der Waals surface area contributed by atoms with Crippen LogP contribution in [0.25, 0.3) is 0 Å². The van der Waals surface area contributed by atoms with E-state index in [2.05, 4.69) is 0 Å². The highest BCUT2D eigenvalue weighted by molar-refractivity contribution is 5.98. The van der Waals surface area contributed by atoms with Gasteiger partial charge in [0, 0.05) is 25.6 Å². The summed E-state index contributed by atoms with van der Waals surface area (Å²) in [5, 5.41) is 11.1. The summed E-state index contributed by atoms with van der Waals surface area (Å²) in [5.74, 6) is -0.0539. The minimum Gasteiger partial charge on any atom is -0.309 e. The van der Waals surface area contributed by atoms with Crippen LogP contribution in [0.5, 0.6) is 0 Å². The maximum Gasteiger partial charge on any atom is 0.293 e. The van der Waals surface area contributed by atoms with Crippen LogP contribution in [0.15, 0.2) is 18.2 Å². The number of anilines is 1. The van der Waals surface area contributed by atoms with Gasteiger partial charge in [-0.3, -0.25) is 14.9 Å². The number of nitrogens with zero attached hydrogens (tertiary/aromatic N) is 3. The predicted octanol–water partition coefficient (Wildman–Crippen LogP) is 1.44. The van der Waals surface area contributed by atoms with Gasteiger partial charge in [-0.05, 0) is 26.1 Å². The predicted molar refractivity (Wildman–Crippen MR) is 72.3 cm³/mol. The Morgan fingerprint density at radius 2 is 2.21 bits per heavy atom. The van der Waals surface area contributed by atoms with Crippen LogP contribution >= 0.6 is 0 Å². The number of nitro groups is 1. The fourth-order valence-corrected chi connectivity index (χ4v) is 2.29. The molecular formula is C13H17N3O3. The van der Waals surface area contributed by atoms with Crippen LogP contribution in [0.3, 0.4) is 0 Å². The number of hydrogen-bond donors (Lipinski definition) is 0. The molecule has 19 heavy (non-hydrogen) atoms. The van der Waals surface area contributed by atoms with Crippen LogP contribution in [-0.2, 0) is 11.2 Å². The van der Waals surface area contributed by atoms with Crippen molar-refractivity contribution in [2.75, 3.05) is 32.1 Å². The third-order valence-electron chi connectivity index (χ3n) is 3.24. The van der Waals surface area contributed by atoms with Crippen LogP contribution in [0.4, 0.5) is 11.4 Å². The third-order valence-corrected chi connectivity index (χ3v) is 3.24. The fraction of sp³-hybridized carbons (Fsp3) is 0.462. The van der Waals surface area contributed by atoms with Crippen LogP contribution in [0, 0.1) is 10.1 Å². The number of rotatable bonds is 4. The summed E-state index contributed by atoms with van der Waals surface area (Å²) in [5.41, 5.74) is 1.39. The molecule has 0 N–H and O–H groups in total. The summed E-state index contributed by atoms with van der Waals surface area (Å²) in [6.07, 6.45) is 1.06. The Labute approximate surface area is 111 Å². The molecule has 1 aromatic carbocycles. The zero-order valence-corrected chi connectivity index (χ0v) is 11.1. The molecule has 0 bridgehead atoms. The van der Waals surface area contributed by atoms with E-state index in [0.717, 1.165) is 5.56 Å². The third kappa shape index (κ3) is 2.73. The monoisotopic (exact) mass is 263 g/mol. The zero-order valence-electron chi connectivity index (χ0n) is 11.1. The van der Waals surface area contributed by atoms with Gasteiger partial charge in [0.15, 0.2) is 0 Å². The van der Waals surface area contributed by atoms with E-state index in [1.54, 1.807) is 11.0 Å². The molecule has 0 unspecified atom stereocenters. The van der Waals surface area contributed by atoms with Crippen molar-refractivity contribution in [3.05, 3.63) is 33.9 Å². The van der Waals surface area contributed by atoms with E-state index < -0.39 is 4.92 Å². The van der Waals surface area contributed by atoms with E-state index in [1.807, 2.05) is 25.1 Å². The van der Waals surface area contributed by atoms with Crippen molar-refractivity contribution in [1.29, 1.82) is 0 Å². The summed E-state index contributed by atoms with van der Waals surface area (Å²) >= 11 is 0. The van der Waals surface area contributed by atoms with Gasteiger partial charge in [0.05, 0.1) is 4.92 Å². The molecule has 0 saturated heterocycles. The molecule has 6 heteroatoms. The molecule has 1 aliphatic heterocycles. The molecule has 1 amide bonds. The summed E-state index contributed by atoms with van der Waals surface area (Å²) in [7, 11) is 3.79. The number of para-hydroxylation sites is 1. The van der Waals surface area contributed by atoms with Crippen molar-refractivity contribution in [2.24, 2.45) is 0 Å². The van der Waals surface area contributed by atoms with E-state index in [1.165, 1.54) is 6.07 Å². The standard InChI is InChI=1S/C13H17N3O3/c1-14(2)8-7-12(17)15-9-6-10-4-3-5-11(13(10)15)16(18)19/h3-5H,6-9H2,1-2H3. The van der Waals surface area contributed by atoms with Gasteiger partial charge in [-0.1, -0.05) is 12.1 Å². The Hall–Kier alpha value is -1.95. The Morgan fingerprint density at radius 3 is 2.84 bits per heavy atom. The molecular weight excluding hydrogens is 246 g/mol. The first kappa shape index (κ1) is 13.5. The number of carbonyl (C=O) groups is 1. The first-order valence-corrected chi connectivity index (χ1v) is 6.22. The number of fused-ring (bicyclic) bond motifs is 1. The smallest absolute Gasteiger partial charge is 0.293 e. The lowest BCUT2D eigenvalue weighted by molar-refractivity contribution is -0.384. The lowest BCUT2D eigenvalue weighted by Gasteiger charge is -2.18. The summed E-state index contributed by atoms with van der Waals surface area (Å²) in [6, 6.07) is 4.97. The molecule has 0 atom stereocenters. The molecule has 0 aliphatic carbocycles. The highest BCUT2D eigenvalue weighted by atomic mass is 16.6. The van der Waals surface area contributed by atoms with Gasteiger partial charge in [-0.15, -0.1) is 0 Å². The summed E-state index contributed by atoms with van der Waals surface area (Å²) < 4.78 is 0. The van der Waals surface area contributed by atoms with E-state index >= 15 is 0 Å². The normalized spacial score (nSPS) is 13.7. The van der Waals surface area contributed by atoms with Gasteiger partial charge in [0.25, 0.3) is 5.69 Å². The Morgan fingerprint density at radius 1 is 1.47 bits per heavy atom. The molecule has 1 aliphatic rings. The van der Waals surface area contributed by atoms with Gasteiger partial charge in [0.1, 0.15) is 5.69 Å². The maximum absolute atomic E-state index is 12.2. The van der Waals surface area contributed by atoms with Crippen LogP contribution in [-0.4, -0.2) is 42.9 Å². The van der Waals surface area contributed by atoms with Crippen LogP contribution in [0.1, 0.15) is 12.0 Å². The fourth-order valence-electron chi connectivity index (χ4n) is 2.29. The summed E-state index contributed by atoms with van der Waals surface area (Å²) in [4.78, 5) is 26.3. The molecule has 0 radical (unpaired) electrons. The van der Waals surface area contributed by atoms with Gasteiger partial charge in [-0.2, -0.15) is 0 Å². The van der Waals surface area contributed by atoms with E-state index in [-0.39, 0.29) is 11.6 Å². The highest BCUT2D eigenvalue weighted by Gasteiger charge is 2.31. The average molecular weight is 263 g/mol. The number of amides is 1. The van der Waals surface area contributed by atoms with Crippen LogP contribution < -0.4 is 4.90 Å². The second-order valence-electron chi connectivity index (χ2n) is 4.89. The molecule has 1 aromatic rings. The number of benzene rings is 1. The van der Waals surface area contributed by atoms with Crippen molar-refractivity contribution in [3.63, 3.8) is 0 Å². The lowest BCUT2D eigenvalue weighted by Crippen LogP contribution is -2.31. The number of carbonyl (C=O) groups excluding carboxylic acids is 1. The molecule has 102 valence electrons. The first-order valence-electron chi connectivity index (χ1n) is 6.22. The van der Waals surface area contributed by atoms with Gasteiger partial charge < -0.3 is 9.80 Å². The van der Waals surface area contributed by atoms with Gasteiger partial charge >= 0.3 is 0 Å². The Bertz CT molecular complexity index is 514. The van der Waals surface area contributed by atoms with Crippen LogP contribution in [0.2, 0.25) is 0 Å². The minimum atomic E-state index is -0.420. The second kappa shape index (κ2) is 5.36. The SMILES string of the molecule is CN(C)CCC(=O)N1CCc2cccc([N+](=O)[O-])c21. The van der Waals surface area contributed by atoms with Crippen molar-refractivity contribution in [2.45, 2.75) is 12.8 Å². The average Bonchev–Trinajstić information content (AvgIpc) is 2.79. The number of nitro benzene ring substituents is 1. The van der Waals surface area contributed by atoms with Crippen molar-refractivity contribution in [1.82, 2.24) is 4.90 Å². The highest BCUT2D eigenvalue weighted by Crippen LogP contribution is 2.37. The van der Waals surface area contributed by atoms with Crippen molar-refractivity contribution < 1.29 is 9.72 Å². The van der Waals surface area contributed by atoms with Gasteiger partial charge in [0.2, 0.25) is 5.91 Å². The lowest BCUT2D eigenvalue weighted by atomic mass is 10.1. The largest absolute Gasteiger partial charge is 0.309 e. The molecule has 1 heterocycles. The first-order chi connectivity index (χ1) is 9.00. The second-order valence-corrected chi connectivity index (χ2v) is 4.89. The van der Waals surface area contributed by atoms with Crippen molar-refractivity contribution >= 4 is 17.3 Å². The molecule has 0 saturated carbocycles. The number of hydrogen-bond acceptors (Lipinski definition) is 4. The zero-order chi connectivity index (χ0) is 14.0. The minimum absolute atomic E-state index is 0.0215. The Kier molecular flexibility index (Phi) is 3.80. The van der Waals surface area contributed by atoms with Crippen molar-refractivity contribution in [3.8, 4) is 0 Å². The van der Waals surface area contributed by atoms with E-state index in [9.17, 15) is 14.9 Å². The molecule has 2 rings (SSSR count). The van der Waals surface area contributed by atoms with Gasteiger partial charge in [-0.25, -0.2) is 0 Å². The molecule has 0 aromatic heterocycles. The molecule has 6 nitrogen and oxygen atoms in total. The van der Waals surface area contributed by atoms with E-state index in [0.29, 0.717) is 31.6 Å².